The van der Waals surface area contributed by atoms with Gasteiger partial charge in [-0.25, -0.2) is 0 Å². The van der Waals surface area contributed by atoms with E-state index in [0.717, 1.165) is 17.4 Å². The smallest absolute Gasteiger partial charge is 0.231 e. The van der Waals surface area contributed by atoms with Crippen LogP contribution in [0.4, 0.5) is 0 Å². The van der Waals surface area contributed by atoms with Crippen molar-refractivity contribution in [1.29, 1.82) is 0 Å². The van der Waals surface area contributed by atoms with Crippen molar-refractivity contribution in [2.75, 3.05) is 13.1 Å². The van der Waals surface area contributed by atoms with Crippen LogP contribution in [-0.4, -0.2) is 19.0 Å². The third-order valence-corrected chi connectivity index (χ3v) is 2.33. The van der Waals surface area contributed by atoms with Crippen molar-refractivity contribution in [1.82, 2.24) is 5.32 Å². The van der Waals surface area contributed by atoms with Crippen molar-refractivity contribution in [3.63, 3.8) is 0 Å². The Hall–Kier alpha value is -0.870. The first kappa shape index (κ1) is 11.2. The third-order valence-electron chi connectivity index (χ3n) is 1.80. The monoisotopic (exact) mass is 256 g/mol. The maximum atomic E-state index is 10.4. The summed E-state index contributed by atoms with van der Waals surface area (Å²) >= 11 is 3.37. The molecule has 0 bridgehead atoms. The van der Waals surface area contributed by atoms with E-state index >= 15 is 0 Å². The standard InChI is InChI=1S/C10H13BrN2O/c11-9-3-1-8(2-4-9)5-6-13-7-10(12)14/h1-4,13H,5-7H2,(H2,12,14). The fourth-order valence-corrected chi connectivity index (χ4v) is 1.36. The molecule has 0 aliphatic heterocycles. The second-order valence-electron chi connectivity index (χ2n) is 3.02. The summed E-state index contributed by atoms with van der Waals surface area (Å²) in [6.45, 7) is 1.01. The van der Waals surface area contributed by atoms with E-state index in [1.807, 2.05) is 12.1 Å². The molecule has 3 N–H and O–H groups in total. The number of halogens is 1. The lowest BCUT2D eigenvalue weighted by atomic mass is 10.1. The number of amides is 1. The Balaban J connectivity index is 2.25. The molecular weight excluding hydrogens is 244 g/mol. The molecule has 0 aromatic heterocycles. The predicted octanol–water partition coefficient (Wildman–Crippen LogP) is 1.07. The molecule has 0 aliphatic rings. The molecule has 1 rings (SSSR count). The first-order valence-corrected chi connectivity index (χ1v) is 5.21. The van der Waals surface area contributed by atoms with Crippen LogP contribution in [0.2, 0.25) is 0 Å². The van der Waals surface area contributed by atoms with Crippen LogP contribution in [0.25, 0.3) is 0 Å². The summed E-state index contributed by atoms with van der Waals surface area (Å²) in [6.07, 6.45) is 0.903. The number of hydrogen-bond acceptors (Lipinski definition) is 2. The van der Waals surface area contributed by atoms with Gasteiger partial charge in [0, 0.05) is 4.47 Å². The first-order valence-electron chi connectivity index (χ1n) is 4.42. The van der Waals surface area contributed by atoms with E-state index in [1.165, 1.54) is 5.56 Å². The molecule has 0 atom stereocenters. The Morgan fingerprint density at radius 1 is 1.36 bits per heavy atom. The molecular formula is C10H13BrN2O. The maximum absolute atomic E-state index is 10.4. The number of benzene rings is 1. The highest BCUT2D eigenvalue weighted by Gasteiger charge is 1.94. The van der Waals surface area contributed by atoms with Gasteiger partial charge in [-0.15, -0.1) is 0 Å². The summed E-state index contributed by atoms with van der Waals surface area (Å²) in [5, 5.41) is 2.96. The van der Waals surface area contributed by atoms with Crippen LogP contribution in [0.5, 0.6) is 0 Å². The molecule has 76 valence electrons. The van der Waals surface area contributed by atoms with Crippen LogP contribution < -0.4 is 11.1 Å². The van der Waals surface area contributed by atoms with Crippen molar-refractivity contribution < 1.29 is 4.79 Å². The fourth-order valence-electron chi connectivity index (χ4n) is 1.10. The maximum Gasteiger partial charge on any atom is 0.231 e. The zero-order valence-electron chi connectivity index (χ0n) is 7.79. The van der Waals surface area contributed by atoms with Crippen LogP contribution in [-0.2, 0) is 11.2 Å². The van der Waals surface area contributed by atoms with Crippen molar-refractivity contribution in [2.45, 2.75) is 6.42 Å². The second kappa shape index (κ2) is 5.78. The van der Waals surface area contributed by atoms with Crippen molar-refractivity contribution in [3.05, 3.63) is 34.3 Å². The summed E-state index contributed by atoms with van der Waals surface area (Å²) < 4.78 is 1.08. The lowest BCUT2D eigenvalue weighted by Gasteiger charge is -2.02. The van der Waals surface area contributed by atoms with Gasteiger partial charge in [0.05, 0.1) is 6.54 Å². The SMILES string of the molecule is NC(=O)CNCCc1ccc(Br)cc1. The minimum atomic E-state index is -0.319. The molecule has 0 saturated carbocycles. The van der Waals surface area contributed by atoms with E-state index in [1.54, 1.807) is 0 Å². The van der Waals surface area contributed by atoms with E-state index in [9.17, 15) is 4.79 Å². The van der Waals surface area contributed by atoms with Gasteiger partial charge in [-0.1, -0.05) is 28.1 Å². The van der Waals surface area contributed by atoms with Gasteiger partial charge in [0.2, 0.25) is 5.91 Å². The van der Waals surface area contributed by atoms with Crippen molar-refractivity contribution in [3.8, 4) is 0 Å². The molecule has 1 aromatic rings. The summed E-state index contributed by atoms with van der Waals surface area (Å²) in [6, 6.07) is 8.11. The predicted molar refractivity (Wildman–Crippen MR) is 59.9 cm³/mol. The molecule has 1 aromatic carbocycles. The Morgan fingerprint density at radius 3 is 2.57 bits per heavy atom. The third kappa shape index (κ3) is 4.39. The molecule has 1 amide bonds. The lowest BCUT2D eigenvalue weighted by Crippen LogP contribution is -2.29. The lowest BCUT2D eigenvalue weighted by molar-refractivity contribution is -0.117. The summed E-state index contributed by atoms with van der Waals surface area (Å²) in [7, 11) is 0. The Bertz CT molecular complexity index is 297. The van der Waals surface area contributed by atoms with Crippen LogP contribution in [0.15, 0.2) is 28.7 Å². The minimum Gasteiger partial charge on any atom is -0.369 e. The quantitative estimate of drug-likeness (QED) is 0.775. The normalized spacial score (nSPS) is 10.1. The molecule has 0 radical (unpaired) electrons. The molecule has 0 saturated heterocycles. The minimum absolute atomic E-state index is 0.247. The number of nitrogens with one attached hydrogen (secondary N) is 1. The Morgan fingerprint density at radius 2 is 2.00 bits per heavy atom. The van der Waals surface area contributed by atoms with Gasteiger partial charge >= 0.3 is 0 Å². The molecule has 0 unspecified atom stereocenters. The van der Waals surface area contributed by atoms with Gasteiger partial charge in [0.15, 0.2) is 0 Å². The van der Waals surface area contributed by atoms with Gasteiger partial charge < -0.3 is 11.1 Å². The number of rotatable bonds is 5. The topological polar surface area (TPSA) is 55.1 Å². The average molecular weight is 257 g/mol. The molecule has 0 spiro atoms. The van der Waals surface area contributed by atoms with Gasteiger partial charge in [-0.05, 0) is 30.7 Å². The molecule has 0 fully saturated rings. The molecule has 0 aliphatic carbocycles. The van der Waals surface area contributed by atoms with E-state index in [0.29, 0.717) is 0 Å². The van der Waals surface area contributed by atoms with E-state index in [-0.39, 0.29) is 12.5 Å². The Labute approximate surface area is 91.8 Å². The van der Waals surface area contributed by atoms with E-state index in [4.69, 9.17) is 5.73 Å². The van der Waals surface area contributed by atoms with Crippen LogP contribution >= 0.6 is 15.9 Å². The number of primary amides is 1. The molecule has 4 heteroatoms. The summed E-state index contributed by atoms with van der Waals surface area (Å²) in [5.41, 5.74) is 6.23. The van der Waals surface area contributed by atoms with Crippen LogP contribution in [0.1, 0.15) is 5.56 Å². The Kier molecular flexibility index (Phi) is 4.62. The highest BCUT2D eigenvalue weighted by atomic mass is 79.9. The fraction of sp³-hybridized carbons (Fsp3) is 0.300. The van der Waals surface area contributed by atoms with Crippen molar-refractivity contribution in [2.24, 2.45) is 5.73 Å². The van der Waals surface area contributed by atoms with Gasteiger partial charge in [-0.3, -0.25) is 4.79 Å². The van der Waals surface area contributed by atoms with Gasteiger partial charge in [-0.2, -0.15) is 0 Å². The van der Waals surface area contributed by atoms with Gasteiger partial charge in [0.1, 0.15) is 0 Å². The first-order chi connectivity index (χ1) is 6.68. The van der Waals surface area contributed by atoms with Crippen LogP contribution in [0, 0.1) is 0 Å². The van der Waals surface area contributed by atoms with E-state index in [2.05, 4.69) is 33.4 Å². The zero-order chi connectivity index (χ0) is 10.4. The number of nitrogens with two attached hydrogens (primary N) is 1. The van der Waals surface area contributed by atoms with Gasteiger partial charge in [0.25, 0.3) is 0 Å². The second-order valence-corrected chi connectivity index (χ2v) is 3.94. The molecule has 3 nitrogen and oxygen atoms in total. The highest BCUT2D eigenvalue weighted by Crippen LogP contribution is 2.10. The highest BCUT2D eigenvalue weighted by molar-refractivity contribution is 9.10. The number of hydrogen-bond donors (Lipinski definition) is 2. The summed E-state index contributed by atoms with van der Waals surface area (Å²) in [5.74, 6) is -0.319. The molecule has 0 heterocycles. The average Bonchev–Trinajstić information content (AvgIpc) is 2.15. The zero-order valence-corrected chi connectivity index (χ0v) is 9.38. The molecule has 14 heavy (non-hydrogen) atoms. The number of carbonyl (C=O) groups is 1. The summed E-state index contributed by atoms with van der Waals surface area (Å²) in [4.78, 5) is 10.4. The largest absolute Gasteiger partial charge is 0.369 e. The van der Waals surface area contributed by atoms with Crippen LogP contribution in [0.3, 0.4) is 0 Å². The number of carbonyl (C=O) groups excluding carboxylic acids is 1. The van der Waals surface area contributed by atoms with E-state index < -0.39 is 0 Å². The van der Waals surface area contributed by atoms with Crippen molar-refractivity contribution >= 4 is 21.8 Å².